The van der Waals surface area contributed by atoms with Gasteiger partial charge in [-0.05, 0) is 51.9 Å². The molecule has 0 spiro atoms. The summed E-state index contributed by atoms with van der Waals surface area (Å²) in [7, 11) is 0. The van der Waals surface area contributed by atoms with Gasteiger partial charge in [0.15, 0.2) is 0 Å². The lowest BCUT2D eigenvalue weighted by Crippen LogP contribution is -2.02. The van der Waals surface area contributed by atoms with Gasteiger partial charge in [0, 0.05) is 9.65 Å². The first kappa shape index (κ1) is 12.8. The Morgan fingerprint density at radius 1 is 1.11 bits per heavy atom. The summed E-state index contributed by atoms with van der Waals surface area (Å²) in [6, 6.07) is 15.6. The summed E-state index contributed by atoms with van der Waals surface area (Å²) in [5.41, 5.74) is 2.26. The molecule has 90 valence electrons. The van der Waals surface area contributed by atoms with Crippen molar-refractivity contribution in [3.8, 4) is 16.9 Å². The molecule has 0 bridgehead atoms. The second-order valence-electron chi connectivity index (χ2n) is 3.63. The number of esters is 1. The molecule has 0 saturated heterocycles. The Kier molecular flexibility index (Phi) is 4.15. The molecule has 0 atom stereocenters. The van der Waals surface area contributed by atoms with Gasteiger partial charge in [-0.25, -0.2) is 4.79 Å². The van der Waals surface area contributed by atoms with Gasteiger partial charge in [0.2, 0.25) is 0 Å². The molecule has 2 aromatic rings. The fraction of sp³-hybridized carbons (Fsp3) is 0. The molecule has 2 nitrogen and oxygen atoms in total. The normalized spacial score (nSPS) is 9.83. The number of rotatable bonds is 3. The molecule has 0 aliphatic rings. The van der Waals surface area contributed by atoms with Crippen LogP contribution in [0.4, 0.5) is 0 Å². The summed E-state index contributed by atoms with van der Waals surface area (Å²) in [5.74, 6) is 0.0756. The van der Waals surface area contributed by atoms with Crippen molar-refractivity contribution in [2.24, 2.45) is 0 Å². The molecule has 2 aromatic carbocycles. The lowest BCUT2D eigenvalue weighted by Gasteiger charge is -2.06. The van der Waals surface area contributed by atoms with E-state index in [0.29, 0.717) is 5.75 Å². The first-order valence-corrected chi connectivity index (χ1v) is 6.48. The fourth-order valence-corrected chi connectivity index (χ4v) is 2.25. The Hall–Kier alpha value is -1.62. The lowest BCUT2D eigenvalue weighted by molar-refractivity contribution is -0.128. The van der Waals surface area contributed by atoms with Gasteiger partial charge in [0.1, 0.15) is 5.75 Å². The Morgan fingerprint density at radius 2 is 1.78 bits per heavy atom. The second-order valence-corrected chi connectivity index (χ2v) is 4.79. The molecule has 0 saturated carbocycles. The number of hydrogen-bond acceptors (Lipinski definition) is 2. The molecule has 18 heavy (non-hydrogen) atoms. The third kappa shape index (κ3) is 2.98. The van der Waals surface area contributed by atoms with E-state index < -0.39 is 5.97 Å². The van der Waals surface area contributed by atoms with Crippen molar-refractivity contribution in [2.45, 2.75) is 0 Å². The number of carbonyl (C=O) groups excluding carboxylic acids is 1. The van der Waals surface area contributed by atoms with Gasteiger partial charge in [-0.1, -0.05) is 36.9 Å². The molecular weight excluding hydrogens is 339 g/mol. The van der Waals surface area contributed by atoms with Gasteiger partial charge < -0.3 is 4.74 Å². The van der Waals surface area contributed by atoms with Crippen LogP contribution in [0.15, 0.2) is 61.2 Å². The van der Waals surface area contributed by atoms with E-state index in [4.69, 9.17) is 4.74 Å². The van der Waals surface area contributed by atoms with E-state index in [1.165, 1.54) is 9.13 Å². The third-order valence-corrected chi connectivity index (χ3v) is 3.36. The van der Waals surface area contributed by atoms with Crippen molar-refractivity contribution >= 4 is 28.6 Å². The van der Waals surface area contributed by atoms with E-state index in [0.717, 1.165) is 11.6 Å². The Balaban J connectivity index is 2.25. The average Bonchev–Trinajstić information content (AvgIpc) is 2.40. The molecule has 0 N–H and O–H groups in total. The molecule has 3 heteroatoms. The van der Waals surface area contributed by atoms with Gasteiger partial charge in [-0.3, -0.25) is 0 Å². The Bertz CT molecular complexity index is 573. The summed E-state index contributed by atoms with van der Waals surface area (Å²) in [5, 5.41) is 0. The summed E-state index contributed by atoms with van der Waals surface area (Å²) < 4.78 is 6.21. The molecule has 0 fully saturated rings. The van der Waals surface area contributed by atoms with Crippen LogP contribution in [0, 0.1) is 3.57 Å². The molecule has 2 rings (SSSR count). The first-order valence-electron chi connectivity index (χ1n) is 5.40. The van der Waals surface area contributed by atoms with Crippen LogP contribution in [0.5, 0.6) is 5.75 Å². The van der Waals surface area contributed by atoms with Gasteiger partial charge in [-0.15, -0.1) is 0 Å². The van der Waals surface area contributed by atoms with E-state index in [2.05, 4.69) is 41.3 Å². The summed E-state index contributed by atoms with van der Waals surface area (Å²) in [6.07, 6.45) is 1.15. The minimum Gasteiger partial charge on any atom is -0.423 e. The van der Waals surface area contributed by atoms with Crippen LogP contribution >= 0.6 is 22.6 Å². The summed E-state index contributed by atoms with van der Waals surface area (Å²) in [4.78, 5) is 11.0. The predicted molar refractivity (Wildman–Crippen MR) is 80.4 cm³/mol. The molecule has 0 heterocycles. The standard InChI is InChI=1S/C15H11IO2/c1-2-15(17)18-12-9-7-11(8-10-12)13-5-3-4-6-14(13)16/h2-10H,1H2. The van der Waals surface area contributed by atoms with Crippen molar-refractivity contribution in [2.75, 3.05) is 0 Å². The zero-order valence-corrected chi connectivity index (χ0v) is 11.8. The molecule has 0 aromatic heterocycles. The highest BCUT2D eigenvalue weighted by Gasteiger charge is 2.03. The highest BCUT2D eigenvalue weighted by atomic mass is 127. The third-order valence-electron chi connectivity index (χ3n) is 2.42. The SMILES string of the molecule is C=CC(=O)Oc1ccc(-c2ccccc2I)cc1. The minimum absolute atomic E-state index is 0.447. The van der Waals surface area contributed by atoms with Crippen LogP contribution in [0.1, 0.15) is 0 Å². The van der Waals surface area contributed by atoms with E-state index in [1.807, 2.05) is 24.3 Å². The minimum atomic E-state index is -0.447. The van der Waals surface area contributed by atoms with Crippen molar-refractivity contribution in [1.82, 2.24) is 0 Å². The monoisotopic (exact) mass is 350 g/mol. The molecule has 0 amide bonds. The van der Waals surface area contributed by atoms with Crippen molar-refractivity contribution in [1.29, 1.82) is 0 Å². The van der Waals surface area contributed by atoms with Crippen LogP contribution in [0.25, 0.3) is 11.1 Å². The first-order chi connectivity index (χ1) is 8.70. The maximum Gasteiger partial charge on any atom is 0.335 e. The molecular formula is C15H11IO2. The van der Waals surface area contributed by atoms with E-state index >= 15 is 0 Å². The molecule has 0 unspecified atom stereocenters. The number of ether oxygens (including phenoxy) is 1. The van der Waals surface area contributed by atoms with E-state index in [-0.39, 0.29) is 0 Å². The molecule has 0 aliphatic heterocycles. The van der Waals surface area contributed by atoms with Crippen molar-refractivity contribution < 1.29 is 9.53 Å². The summed E-state index contributed by atoms with van der Waals surface area (Å²) in [6.45, 7) is 3.36. The van der Waals surface area contributed by atoms with Gasteiger partial charge in [0.05, 0.1) is 0 Å². The zero-order chi connectivity index (χ0) is 13.0. The van der Waals surface area contributed by atoms with Gasteiger partial charge in [-0.2, -0.15) is 0 Å². The molecule has 0 radical (unpaired) electrons. The number of halogens is 1. The van der Waals surface area contributed by atoms with Crippen LogP contribution in [0.3, 0.4) is 0 Å². The van der Waals surface area contributed by atoms with Crippen molar-refractivity contribution in [3.05, 3.63) is 64.8 Å². The Labute approximate surface area is 119 Å². The topological polar surface area (TPSA) is 26.3 Å². The maximum absolute atomic E-state index is 11.0. The second kappa shape index (κ2) is 5.82. The number of carbonyl (C=O) groups is 1. The lowest BCUT2D eigenvalue weighted by atomic mass is 10.1. The zero-order valence-electron chi connectivity index (χ0n) is 9.60. The molecule has 0 aliphatic carbocycles. The fourth-order valence-electron chi connectivity index (χ4n) is 1.56. The number of benzene rings is 2. The van der Waals surface area contributed by atoms with Crippen LogP contribution in [-0.4, -0.2) is 5.97 Å². The average molecular weight is 350 g/mol. The van der Waals surface area contributed by atoms with Crippen molar-refractivity contribution in [3.63, 3.8) is 0 Å². The van der Waals surface area contributed by atoms with E-state index in [1.54, 1.807) is 12.1 Å². The van der Waals surface area contributed by atoms with E-state index in [9.17, 15) is 4.79 Å². The highest BCUT2D eigenvalue weighted by Crippen LogP contribution is 2.26. The van der Waals surface area contributed by atoms with Gasteiger partial charge in [0.25, 0.3) is 0 Å². The highest BCUT2D eigenvalue weighted by molar-refractivity contribution is 14.1. The van der Waals surface area contributed by atoms with Crippen LogP contribution in [-0.2, 0) is 4.79 Å². The van der Waals surface area contributed by atoms with Gasteiger partial charge >= 0.3 is 5.97 Å². The van der Waals surface area contributed by atoms with Crippen LogP contribution in [0.2, 0.25) is 0 Å². The smallest absolute Gasteiger partial charge is 0.335 e. The Morgan fingerprint density at radius 3 is 2.39 bits per heavy atom. The van der Waals surface area contributed by atoms with Crippen LogP contribution < -0.4 is 4.74 Å². The largest absolute Gasteiger partial charge is 0.423 e. The maximum atomic E-state index is 11.0. The summed E-state index contributed by atoms with van der Waals surface area (Å²) >= 11 is 2.30. The predicted octanol–water partition coefficient (Wildman–Crippen LogP) is 4.05. The quantitative estimate of drug-likeness (QED) is 0.361. The number of hydrogen-bond donors (Lipinski definition) is 0.